The summed E-state index contributed by atoms with van der Waals surface area (Å²) < 4.78 is 32.9. The first-order valence-corrected chi connectivity index (χ1v) is 9.11. The van der Waals surface area contributed by atoms with Gasteiger partial charge >= 0.3 is 0 Å². The number of sulfonamides is 1. The molecule has 0 saturated carbocycles. The Hall–Kier alpha value is -1.11. The fourth-order valence-electron chi connectivity index (χ4n) is 2.92. The maximum Gasteiger partial charge on any atom is 0.240 e. The zero-order valence-corrected chi connectivity index (χ0v) is 12.9. The first-order chi connectivity index (χ1) is 10.1. The van der Waals surface area contributed by atoms with Crippen molar-refractivity contribution in [3.8, 4) is 0 Å². The highest BCUT2D eigenvalue weighted by Crippen LogP contribution is 2.25. The molecular weight excluding hydrogens is 288 g/mol. The molecule has 2 aliphatic heterocycles. The molecule has 0 bridgehead atoms. The number of hydrogen-bond donors (Lipinski definition) is 2. The molecule has 2 heterocycles. The highest BCUT2D eigenvalue weighted by Gasteiger charge is 2.19. The number of fused-ring (bicyclic) bond motifs is 1. The average molecular weight is 310 g/mol. The quantitative estimate of drug-likeness (QED) is 0.871. The van der Waals surface area contributed by atoms with Crippen molar-refractivity contribution in [2.45, 2.75) is 43.1 Å². The fraction of sp³-hybridized carbons (Fsp3) is 0.600. The van der Waals surface area contributed by atoms with Crippen molar-refractivity contribution in [2.75, 3.05) is 25.0 Å². The van der Waals surface area contributed by atoms with Gasteiger partial charge in [-0.2, -0.15) is 0 Å². The van der Waals surface area contributed by atoms with Crippen LogP contribution in [0.2, 0.25) is 0 Å². The third-order valence-corrected chi connectivity index (χ3v) is 5.59. The molecule has 2 N–H and O–H groups in total. The number of ether oxygens (including phenoxy) is 1. The molecule has 1 unspecified atom stereocenters. The molecule has 1 atom stereocenters. The molecule has 1 aromatic rings. The van der Waals surface area contributed by atoms with E-state index in [0.29, 0.717) is 11.4 Å². The Morgan fingerprint density at radius 2 is 2.24 bits per heavy atom. The highest BCUT2D eigenvalue weighted by atomic mass is 32.2. The molecule has 1 fully saturated rings. The van der Waals surface area contributed by atoms with Gasteiger partial charge in [-0.1, -0.05) is 0 Å². The minimum absolute atomic E-state index is 0.200. The summed E-state index contributed by atoms with van der Waals surface area (Å²) in [6.45, 7) is 2.11. The molecule has 0 radical (unpaired) electrons. The smallest absolute Gasteiger partial charge is 0.240 e. The Morgan fingerprint density at radius 1 is 1.33 bits per heavy atom. The van der Waals surface area contributed by atoms with Crippen LogP contribution in [0.1, 0.15) is 31.2 Å². The lowest BCUT2D eigenvalue weighted by Crippen LogP contribution is -2.29. The second-order valence-corrected chi connectivity index (χ2v) is 7.44. The summed E-state index contributed by atoms with van der Waals surface area (Å²) in [5.41, 5.74) is 2.12. The van der Waals surface area contributed by atoms with Gasteiger partial charge in [-0.25, -0.2) is 13.1 Å². The van der Waals surface area contributed by atoms with Crippen LogP contribution in [0.25, 0.3) is 0 Å². The highest BCUT2D eigenvalue weighted by molar-refractivity contribution is 7.89. The van der Waals surface area contributed by atoms with Crippen LogP contribution < -0.4 is 10.0 Å². The van der Waals surface area contributed by atoms with Crippen molar-refractivity contribution in [3.05, 3.63) is 23.8 Å². The normalized spacial score (nSPS) is 21.8. The predicted octanol–water partition coefficient (Wildman–Crippen LogP) is 1.89. The van der Waals surface area contributed by atoms with E-state index in [1.807, 2.05) is 6.07 Å². The van der Waals surface area contributed by atoms with Gasteiger partial charge in [0.2, 0.25) is 10.0 Å². The van der Waals surface area contributed by atoms with Crippen molar-refractivity contribution in [1.29, 1.82) is 0 Å². The van der Waals surface area contributed by atoms with Crippen LogP contribution >= 0.6 is 0 Å². The summed E-state index contributed by atoms with van der Waals surface area (Å²) in [6.07, 6.45) is 5.15. The van der Waals surface area contributed by atoms with Crippen LogP contribution in [0.3, 0.4) is 0 Å². The Labute approximate surface area is 126 Å². The summed E-state index contributed by atoms with van der Waals surface area (Å²) in [5, 5.41) is 3.23. The van der Waals surface area contributed by atoms with Crippen LogP contribution in [0, 0.1) is 0 Å². The summed E-state index contributed by atoms with van der Waals surface area (Å²) in [5.74, 6) is 0. The zero-order valence-electron chi connectivity index (χ0n) is 12.1. The van der Waals surface area contributed by atoms with E-state index in [1.54, 1.807) is 12.1 Å². The molecule has 0 aliphatic carbocycles. The molecule has 116 valence electrons. The van der Waals surface area contributed by atoms with E-state index in [4.69, 9.17) is 4.74 Å². The van der Waals surface area contributed by atoms with E-state index in [-0.39, 0.29) is 6.10 Å². The third-order valence-electron chi connectivity index (χ3n) is 4.13. The summed E-state index contributed by atoms with van der Waals surface area (Å²) in [7, 11) is -3.42. The Kier molecular flexibility index (Phi) is 4.47. The largest absolute Gasteiger partial charge is 0.384 e. The Balaban J connectivity index is 1.58. The average Bonchev–Trinajstić information content (AvgIpc) is 2.95. The minimum atomic E-state index is -3.42. The van der Waals surface area contributed by atoms with Crippen molar-refractivity contribution in [1.82, 2.24) is 4.72 Å². The molecule has 21 heavy (non-hydrogen) atoms. The second kappa shape index (κ2) is 6.34. The lowest BCUT2D eigenvalue weighted by Gasteiger charge is -2.22. The van der Waals surface area contributed by atoms with Crippen LogP contribution in [-0.2, 0) is 21.2 Å². The number of anilines is 1. The van der Waals surface area contributed by atoms with Gasteiger partial charge in [0, 0.05) is 25.4 Å². The lowest BCUT2D eigenvalue weighted by atomic mass is 10.1. The molecule has 2 aliphatic rings. The molecule has 5 nitrogen and oxygen atoms in total. The second-order valence-electron chi connectivity index (χ2n) is 5.67. The van der Waals surface area contributed by atoms with E-state index in [1.165, 1.54) is 6.42 Å². The van der Waals surface area contributed by atoms with Crippen molar-refractivity contribution in [3.63, 3.8) is 0 Å². The van der Waals surface area contributed by atoms with Crippen molar-refractivity contribution >= 4 is 15.7 Å². The molecule has 0 amide bonds. The molecule has 1 aromatic carbocycles. The van der Waals surface area contributed by atoms with E-state index in [9.17, 15) is 8.42 Å². The zero-order chi connectivity index (χ0) is 14.7. The Morgan fingerprint density at radius 3 is 3.05 bits per heavy atom. The van der Waals surface area contributed by atoms with E-state index in [2.05, 4.69) is 10.0 Å². The van der Waals surface area contributed by atoms with Gasteiger partial charge in [0.15, 0.2) is 0 Å². The van der Waals surface area contributed by atoms with Crippen molar-refractivity contribution in [2.24, 2.45) is 0 Å². The third kappa shape index (κ3) is 3.56. The fourth-order valence-corrected chi connectivity index (χ4v) is 4.02. The van der Waals surface area contributed by atoms with Crippen LogP contribution in [0.15, 0.2) is 23.1 Å². The number of rotatable bonds is 5. The predicted molar refractivity (Wildman–Crippen MR) is 82.0 cm³/mol. The standard InChI is InChI=1S/C15H22N2O3S/c18-21(19,17-9-7-13-3-1-2-10-20-13)14-4-5-15-12(11-14)6-8-16-15/h4-5,11,13,16-17H,1-3,6-10H2. The molecule has 0 spiro atoms. The van der Waals surface area contributed by atoms with E-state index >= 15 is 0 Å². The maximum absolute atomic E-state index is 12.3. The van der Waals surface area contributed by atoms with Crippen LogP contribution in [0.5, 0.6) is 0 Å². The number of nitrogens with one attached hydrogen (secondary N) is 2. The van der Waals surface area contributed by atoms with Gasteiger partial charge < -0.3 is 10.1 Å². The van der Waals surface area contributed by atoms with Gasteiger partial charge in [0.1, 0.15) is 0 Å². The monoisotopic (exact) mass is 310 g/mol. The summed E-state index contributed by atoms with van der Waals surface area (Å²) in [4.78, 5) is 0.356. The van der Waals surface area contributed by atoms with Gasteiger partial charge in [-0.15, -0.1) is 0 Å². The topological polar surface area (TPSA) is 67.4 Å². The molecule has 3 rings (SSSR count). The first kappa shape index (κ1) is 14.8. The molecule has 1 saturated heterocycles. The summed E-state index contributed by atoms with van der Waals surface area (Å²) in [6, 6.07) is 5.28. The maximum atomic E-state index is 12.3. The SMILES string of the molecule is O=S(=O)(NCCC1CCCCO1)c1ccc2c(c1)CCN2. The van der Waals surface area contributed by atoms with E-state index < -0.39 is 10.0 Å². The van der Waals surface area contributed by atoms with Gasteiger partial charge in [-0.05, 0) is 55.9 Å². The summed E-state index contributed by atoms with van der Waals surface area (Å²) >= 11 is 0. The first-order valence-electron chi connectivity index (χ1n) is 7.63. The minimum Gasteiger partial charge on any atom is -0.384 e. The number of hydrogen-bond acceptors (Lipinski definition) is 4. The van der Waals surface area contributed by atoms with Crippen LogP contribution in [-0.4, -0.2) is 34.2 Å². The molecular formula is C15H22N2O3S. The molecule has 0 aromatic heterocycles. The van der Waals surface area contributed by atoms with E-state index in [0.717, 1.165) is 50.1 Å². The van der Waals surface area contributed by atoms with Gasteiger partial charge in [0.05, 0.1) is 11.0 Å². The van der Waals surface area contributed by atoms with Gasteiger partial charge in [0.25, 0.3) is 0 Å². The van der Waals surface area contributed by atoms with Gasteiger partial charge in [-0.3, -0.25) is 0 Å². The lowest BCUT2D eigenvalue weighted by molar-refractivity contribution is 0.0123. The van der Waals surface area contributed by atoms with Crippen molar-refractivity contribution < 1.29 is 13.2 Å². The molecule has 6 heteroatoms. The number of benzene rings is 1. The van der Waals surface area contributed by atoms with Crippen LogP contribution in [0.4, 0.5) is 5.69 Å². The Bertz CT molecular complexity index is 595.